The molecule has 1 rings (SSSR count). The lowest BCUT2D eigenvalue weighted by atomic mass is 10.3. The third kappa shape index (κ3) is 5.72. The largest absolute Gasteiger partial charge is 0.497 e. The zero-order valence-corrected chi connectivity index (χ0v) is 12.1. The van der Waals surface area contributed by atoms with Gasteiger partial charge in [0.05, 0.1) is 13.7 Å². The number of methoxy groups -OCH3 is 1. The van der Waals surface area contributed by atoms with Crippen LogP contribution in [0.3, 0.4) is 0 Å². The number of rotatable bonds is 7. The first-order chi connectivity index (χ1) is 9.02. The van der Waals surface area contributed by atoms with Crippen molar-refractivity contribution in [1.29, 1.82) is 0 Å². The maximum Gasteiger partial charge on any atom is 0.238 e. The molecule has 0 heterocycles. The first-order valence-corrected chi connectivity index (χ1v) is 6.34. The SMILES string of the molecule is COc1cccc(NC(=O)CNCC(C)N(C)C)c1. The molecule has 0 bridgehead atoms. The van der Waals surface area contributed by atoms with E-state index in [2.05, 4.69) is 22.5 Å². The van der Waals surface area contributed by atoms with Crippen LogP contribution in [0.1, 0.15) is 6.92 Å². The minimum absolute atomic E-state index is 0.0563. The predicted molar refractivity (Wildman–Crippen MR) is 77.6 cm³/mol. The Morgan fingerprint density at radius 1 is 1.42 bits per heavy atom. The van der Waals surface area contributed by atoms with Crippen molar-refractivity contribution >= 4 is 11.6 Å². The summed E-state index contributed by atoms with van der Waals surface area (Å²) in [6.45, 7) is 3.18. The number of anilines is 1. The summed E-state index contributed by atoms with van der Waals surface area (Å²) < 4.78 is 5.10. The fourth-order valence-electron chi connectivity index (χ4n) is 1.48. The Labute approximate surface area is 114 Å². The van der Waals surface area contributed by atoms with Gasteiger partial charge in [-0.2, -0.15) is 0 Å². The third-order valence-electron chi connectivity index (χ3n) is 2.96. The van der Waals surface area contributed by atoms with Crippen molar-refractivity contribution in [3.05, 3.63) is 24.3 Å². The van der Waals surface area contributed by atoms with E-state index in [1.165, 1.54) is 0 Å². The first-order valence-electron chi connectivity index (χ1n) is 6.34. The maximum absolute atomic E-state index is 11.7. The van der Waals surface area contributed by atoms with Crippen LogP contribution >= 0.6 is 0 Å². The number of carbonyl (C=O) groups is 1. The number of nitrogens with zero attached hydrogens (tertiary/aromatic N) is 1. The molecule has 0 saturated carbocycles. The summed E-state index contributed by atoms with van der Waals surface area (Å²) in [6.07, 6.45) is 0. The summed E-state index contributed by atoms with van der Waals surface area (Å²) >= 11 is 0. The average molecular weight is 265 g/mol. The van der Waals surface area contributed by atoms with Crippen LogP contribution in [0.4, 0.5) is 5.69 Å². The number of hydrogen-bond acceptors (Lipinski definition) is 4. The van der Waals surface area contributed by atoms with E-state index in [0.717, 1.165) is 18.0 Å². The summed E-state index contributed by atoms with van der Waals surface area (Å²) in [5.74, 6) is 0.672. The molecular formula is C14H23N3O2. The zero-order valence-electron chi connectivity index (χ0n) is 12.1. The fourth-order valence-corrected chi connectivity index (χ4v) is 1.48. The van der Waals surface area contributed by atoms with Gasteiger partial charge in [0, 0.05) is 24.3 Å². The maximum atomic E-state index is 11.7. The molecule has 1 aromatic carbocycles. The highest BCUT2D eigenvalue weighted by Crippen LogP contribution is 2.16. The van der Waals surface area contributed by atoms with Gasteiger partial charge < -0.3 is 20.3 Å². The molecule has 19 heavy (non-hydrogen) atoms. The minimum atomic E-state index is -0.0563. The molecule has 1 unspecified atom stereocenters. The number of ether oxygens (including phenoxy) is 1. The molecule has 0 aromatic heterocycles. The predicted octanol–water partition coefficient (Wildman–Crippen LogP) is 1.17. The van der Waals surface area contributed by atoms with Crippen molar-refractivity contribution in [2.24, 2.45) is 0 Å². The molecule has 0 aliphatic heterocycles. The molecule has 1 amide bonds. The average Bonchev–Trinajstić information content (AvgIpc) is 2.38. The highest BCUT2D eigenvalue weighted by Gasteiger charge is 2.06. The lowest BCUT2D eigenvalue weighted by Crippen LogP contribution is -2.38. The van der Waals surface area contributed by atoms with Gasteiger partial charge in [0.15, 0.2) is 0 Å². The van der Waals surface area contributed by atoms with Gasteiger partial charge in [-0.3, -0.25) is 4.79 Å². The highest BCUT2D eigenvalue weighted by molar-refractivity contribution is 5.92. The molecule has 0 aliphatic carbocycles. The molecule has 0 spiro atoms. The second-order valence-electron chi connectivity index (χ2n) is 4.72. The molecule has 1 aromatic rings. The van der Waals surface area contributed by atoms with Crippen LogP contribution < -0.4 is 15.4 Å². The van der Waals surface area contributed by atoms with E-state index in [1.54, 1.807) is 13.2 Å². The van der Waals surface area contributed by atoms with E-state index in [-0.39, 0.29) is 5.91 Å². The second-order valence-corrected chi connectivity index (χ2v) is 4.72. The Balaban J connectivity index is 2.34. The van der Waals surface area contributed by atoms with E-state index < -0.39 is 0 Å². The van der Waals surface area contributed by atoms with Gasteiger partial charge >= 0.3 is 0 Å². The summed E-state index contributed by atoms with van der Waals surface area (Å²) in [4.78, 5) is 13.8. The van der Waals surface area contributed by atoms with Crippen molar-refractivity contribution in [3.63, 3.8) is 0 Å². The zero-order chi connectivity index (χ0) is 14.3. The van der Waals surface area contributed by atoms with Gasteiger partial charge in [-0.25, -0.2) is 0 Å². The quantitative estimate of drug-likeness (QED) is 0.777. The summed E-state index contributed by atoms with van der Waals surface area (Å²) in [5.41, 5.74) is 0.742. The smallest absolute Gasteiger partial charge is 0.238 e. The van der Waals surface area contributed by atoms with Gasteiger partial charge in [0.25, 0.3) is 0 Å². The van der Waals surface area contributed by atoms with Gasteiger partial charge in [0.1, 0.15) is 5.75 Å². The standard InChI is InChI=1S/C14H23N3O2/c1-11(17(2)3)9-15-10-14(18)16-12-6-5-7-13(8-12)19-4/h5-8,11,15H,9-10H2,1-4H3,(H,16,18). The first kappa shape index (κ1) is 15.5. The third-order valence-corrected chi connectivity index (χ3v) is 2.96. The summed E-state index contributed by atoms with van der Waals surface area (Å²) in [7, 11) is 5.64. The van der Waals surface area contributed by atoms with E-state index in [4.69, 9.17) is 4.74 Å². The summed E-state index contributed by atoms with van der Waals surface area (Å²) in [6, 6.07) is 7.70. The molecule has 0 saturated heterocycles. The van der Waals surface area contributed by atoms with Crippen molar-refractivity contribution in [3.8, 4) is 5.75 Å². The van der Waals surface area contributed by atoms with Crippen molar-refractivity contribution in [2.75, 3.05) is 39.6 Å². The molecule has 0 aliphatic rings. The van der Waals surface area contributed by atoms with Crippen LogP contribution in [-0.4, -0.2) is 51.1 Å². The van der Waals surface area contributed by atoms with Gasteiger partial charge in [-0.05, 0) is 33.2 Å². The van der Waals surface area contributed by atoms with Crippen LogP contribution in [0.2, 0.25) is 0 Å². The Bertz CT molecular complexity index is 407. The van der Waals surface area contributed by atoms with E-state index in [0.29, 0.717) is 12.6 Å². The van der Waals surface area contributed by atoms with Crippen LogP contribution in [0.25, 0.3) is 0 Å². The lowest BCUT2D eigenvalue weighted by molar-refractivity contribution is -0.115. The normalized spacial score (nSPS) is 12.3. The Kier molecular flexibility index (Phi) is 6.32. The second kappa shape index (κ2) is 7.76. The topological polar surface area (TPSA) is 53.6 Å². The fraction of sp³-hybridized carbons (Fsp3) is 0.500. The number of amides is 1. The monoisotopic (exact) mass is 265 g/mol. The lowest BCUT2D eigenvalue weighted by Gasteiger charge is -2.19. The molecule has 2 N–H and O–H groups in total. The van der Waals surface area contributed by atoms with E-state index in [9.17, 15) is 4.79 Å². The molecule has 0 radical (unpaired) electrons. The highest BCUT2D eigenvalue weighted by atomic mass is 16.5. The van der Waals surface area contributed by atoms with E-state index in [1.807, 2.05) is 32.3 Å². The van der Waals surface area contributed by atoms with Crippen LogP contribution in [0.15, 0.2) is 24.3 Å². The Morgan fingerprint density at radius 3 is 2.79 bits per heavy atom. The Morgan fingerprint density at radius 2 is 2.16 bits per heavy atom. The minimum Gasteiger partial charge on any atom is -0.497 e. The van der Waals surface area contributed by atoms with Gasteiger partial charge in [-0.1, -0.05) is 6.07 Å². The van der Waals surface area contributed by atoms with Crippen LogP contribution in [-0.2, 0) is 4.79 Å². The molecule has 5 nitrogen and oxygen atoms in total. The van der Waals surface area contributed by atoms with E-state index >= 15 is 0 Å². The van der Waals surface area contributed by atoms with Crippen LogP contribution in [0, 0.1) is 0 Å². The number of likely N-dealkylation sites (N-methyl/N-ethyl adjacent to an activating group) is 1. The number of carbonyl (C=O) groups excluding carboxylic acids is 1. The van der Waals surface area contributed by atoms with Gasteiger partial charge in [-0.15, -0.1) is 0 Å². The molecule has 106 valence electrons. The number of nitrogens with one attached hydrogen (secondary N) is 2. The number of benzene rings is 1. The Hall–Kier alpha value is -1.59. The molecule has 0 fully saturated rings. The van der Waals surface area contributed by atoms with Crippen molar-refractivity contribution in [1.82, 2.24) is 10.2 Å². The van der Waals surface area contributed by atoms with Crippen molar-refractivity contribution in [2.45, 2.75) is 13.0 Å². The number of hydrogen-bond donors (Lipinski definition) is 2. The van der Waals surface area contributed by atoms with Crippen LogP contribution in [0.5, 0.6) is 5.75 Å². The molecule has 5 heteroatoms. The molecule has 1 atom stereocenters. The molecular weight excluding hydrogens is 242 g/mol. The summed E-state index contributed by atoms with van der Waals surface area (Å²) in [5, 5.41) is 5.95. The van der Waals surface area contributed by atoms with Crippen molar-refractivity contribution < 1.29 is 9.53 Å². The van der Waals surface area contributed by atoms with Gasteiger partial charge in [0.2, 0.25) is 5.91 Å².